The van der Waals surface area contributed by atoms with Gasteiger partial charge in [-0.05, 0) is 58.0 Å². The van der Waals surface area contributed by atoms with Crippen LogP contribution >= 0.6 is 22.6 Å². The van der Waals surface area contributed by atoms with Crippen LogP contribution in [0.15, 0.2) is 60.8 Å². The molecule has 3 rings (SSSR count). The molecule has 2 N–H and O–H groups in total. The van der Waals surface area contributed by atoms with E-state index in [4.69, 9.17) is 5.73 Å². The predicted octanol–water partition coefficient (Wildman–Crippen LogP) is 3.89. The molecule has 3 aromatic rings. The number of aromatic nitrogens is 1. The molecule has 1 heterocycles. The number of hydrogen-bond acceptors (Lipinski definition) is 2. The van der Waals surface area contributed by atoms with Crippen molar-refractivity contribution >= 4 is 33.5 Å². The molecule has 0 saturated carbocycles. The minimum Gasteiger partial charge on any atom is -0.320 e. The lowest BCUT2D eigenvalue weighted by atomic mass is 9.98. The number of nitrogens with two attached hydrogens (primary N) is 1. The lowest BCUT2D eigenvalue weighted by molar-refractivity contribution is 0.872. The first-order valence-corrected chi connectivity index (χ1v) is 7.17. The van der Waals surface area contributed by atoms with E-state index in [-0.39, 0.29) is 6.04 Å². The van der Waals surface area contributed by atoms with Crippen LogP contribution in [0.5, 0.6) is 0 Å². The monoisotopic (exact) mass is 360 g/mol. The second kappa shape index (κ2) is 5.27. The fourth-order valence-corrected chi connectivity index (χ4v) is 2.74. The van der Waals surface area contributed by atoms with Crippen LogP contribution in [0, 0.1) is 3.57 Å². The van der Waals surface area contributed by atoms with Gasteiger partial charge in [-0.25, -0.2) is 0 Å². The Morgan fingerprint density at radius 3 is 2.63 bits per heavy atom. The van der Waals surface area contributed by atoms with Gasteiger partial charge in [-0.2, -0.15) is 0 Å². The Labute approximate surface area is 125 Å². The van der Waals surface area contributed by atoms with Crippen molar-refractivity contribution in [2.45, 2.75) is 6.04 Å². The van der Waals surface area contributed by atoms with Gasteiger partial charge in [0.15, 0.2) is 0 Å². The van der Waals surface area contributed by atoms with Crippen molar-refractivity contribution in [1.29, 1.82) is 0 Å². The molecule has 1 aromatic heterocycles. The summed E-state index contributed by atoms with van der Waals surface area (Å²) in [5.74, 6) is 0. The summed E-state index contributed by atoms with van der Waals surface area (Å²) in [5, 5.41) is 1.14. The van der Waals surface area contributed by atoms with Crippen molar-refractivity contribution in [3.8, 4) is 0 Å². The molecular weight excluding hydrogens is 347 g/mol. The zero-order chi connectivity index (χ0) is 13.2. The Balaban J connectivity index is 2.04. The lowest BCUT2D eigenvalue weighted by Gasteiger charge is -2.13. The summed E-state index contributed by atoms with van der Waals surface area (Å²) < 4.78 is 1.20. The molecule has 0 bridgehead atoms. The molecule has 0 fully saturated rings. The third-order valence-corrected chi connectivity index (χ3v) is 3.87. The molecule has 0 spiro atoms. The van der Waals surface area contributed by atoms with Crippen LogP contribution in [0.2, 0.25) is 0 Å². The van der Waals surface area contributed by atoms with Crippen LogP contribution < -0.4 is 5.73 Å². The molecule has 0 aliphatic heterocycles. The maximum absolute atomic E-state index is 6.35. The van der Waals surface area contributed by atoms with E-state index in [0.717, 1.165) is 22.0 Å². The van der Waals surface area contributed by atoms with Gasteiger partial charge in [0.2, 0.25) is 0 Å². The summed E-state index contributed by atoms with van der Waals surface area (Å²) in [4.78, 5) is 4.38. The summed E-state index contributed by atoms with van der Waals surface area (Å²) in [7, 11) is 0. The predicted molar refractivity (Wildman–Crippen MR) is 86.9 cm³/mol. The topological polar surface area (TPSA) is 38.9 Å². The number of rotatable bonds is 2. The van der Waals surface area contributed by atoms with Crippen LogP contribution in [0.4, 0.5) is 0 Å². The second-order valence-corrected chi connectivity index (χ2v) is 5.73. The molecule has 2 aromatic carbocycles. The number of fused-ring (bicyclic) bond motifs is 1. The van der Waals surface area contributed by atoms with Crippen molar-refractivity contribution in [3.63, 3.8) is 0 Å². The van der Waals surface area contributed by atoms with E-state index in [1.165, 1.54) is 3.57 Å². The molecule has 0 aliphatic carbocycles. The van der Waals surface area contributed by atoms with Crippen LogP contribution in [0.1, 0.15) is 17.2 Å². The molecule has 94 valence electrons. The van der Waals surface area contributed by atoms with Crippen LogP contribution in [0.25, 0.3) is 10.9 Å². The molecular formula is C16H13IN2. The average Bonchev–Trinajstić information content (AvgIpc) is 2.46. The number of pyridine rings is 1. The second-order valence-electron chi connectivity index (χ2n) is 4.49. The quantitative estimate of drug-likeness (QED) is 0.705. The Kier molecular flexibility index (Phi) is 3.48. The minimum atomic E-state index is -0.110. The van der Waals surface area contributed by atoms with Gasteiger partial charge in [0, 0.05) is 15.2 Å². The molecule has 1 unspecified atom stereocenters. The van der Waals surface area contributed by atoms with Gasteiger partial charge in [-0.15, -0.1) is 0 Å². The first-order valence-electron chi connectivity index (χ1n) is 6.10. The summed E-state index contributed by atoms with van der Waals surface area (Å²) >= 11 is 2.30. The highest BCUT2D eigenvalue weighted by Gasteiger charge is 2.09. The number of halogens is 1. The molecule has 0 amide bonds. The summed E-state index contributed by atoms with van der Waals surface area (Å²) in [6.45, 7) is 0. The highest BCUT2D eigenvalue weighted by atomic mass is 127. The van der Waals surface area contributed by atoms with Gasteiger partial charge < -0.3 is 5.73 Å². The van der Waals surface area contributed by atoms with E-state index in [1.807, 2.05) is 18.3 Å². The Morgan fingerprint density at radius 2 is 1.79 bits per heavy atom. The summed E-state index contributed by atoms with van der Waals surface area (Å²) in [6.07, 6.45) is 1.81. The normalized spacial score (nSPS) is 12.5. The van der Waals surface area contributed by atoms with Gasteiger partial charge in [0.05, 0.1) is 11.6 Å². The maximum Gasteiger partial charge on any atom is 0.0705 e. The zero-order valence-electron chi connectivity index (χ0n) is 10.3. The molecule has 0 aliphatic rings. The van der Waals surface area contributed by atoms with E-state index in [9.17, 15) is 0 Å². The third kappa shape index (κ3) is 2.62. The first kappa shape index (κ1) is 12.6. The van der Waals surface area contributed by atoms with Gasteiger partial charge in [0.1, 0.15) is 0 Å². The average molecular weight is 360 g/mol. The number of hydrogen-bond donors (Lipinski definition) is 1. The Bertz CT molecular complexity index is 725. The van der Waals surface area contributed by atoms with Gasteiger partial charge in [0.25, 0.3) is 0 Å². The van der Waals surface area contributed by atoms with Crippen LogP contribution in [-0.2, 0) is 0 Å². The minimum absolute atomic E-state index is 0.110. The third-order valence-electron chi connectivity index (χ3n) is 3.20. The van der Waals surface area contributed by atoms with E-state index in [0.29, 0.717) is 0 Å². The van der Waals surface area contributed by atoms with Crippen LogP contribution in [-0.4, -0.2) is 4.98 Å². The Morgan fingerprint density at radius 1 is 0.947 bits per heavy atom. The standard InChI is InChI=1S/C16H13IN2/c17-14-5-1-3-12(9-14)16(18)13-7-6-11-4-2-8-19-15(11)10-13/h1-10,16H,18H2. The number of nitrogens with zero attached hydrogens (tertiary/aromatic N) is 1. The highest BCUT2D eigenvalue weighted by molar-refractivity contribution is 14.1. The molecule has 2 nitrogen and oxygen atoms in total. The smallest absolute Gasteiger partial charge is 0.0705 e. The maximum atomic E-state index is 6.35. The first-order chi connectivity index (χ1) is 9.24. The largest absolute Gasteiger partial charge is 0.320 e. The lowest BCUT2D eigenvalue weighted by Crippen LogP contribution is -2.11. The zero-order valence-corrected chi connectivity index (χ0v) is 12.4. The molecule has 1 atom stereocenters. The highest BCUT2D eigenvalue weighted by Crippen LogP contribution is 2.23. The van der Waals surface area contributed by atoms with Crippen molar-refractivity contribution in [1.82, 2.24) is 4.98 Å². The van der Waals surface area contributed by atoms with Crippen molar-refractivity contribution in [2.24, 2.45) is 5.73 Å². The molecule has 19 heavy (non-hydrogen) atoms. The van der Waals surface area contributed by atoms with Crippen molar-refractivity contribution in [3.05, 3.63) is 75.5 Å². The fraction of sp³-hybridized carbons (Fsp3) is 0.0625. The van der Waals surface area contributed by atoms with Gasteiger partial charge >= 0.3 is 0 Å². The van der Waals surface area contributed by atoms with Crippen LogP contribution in [0.3, 0.4) is 0 Å². The van der Waals surface area contributed by atoms with E-state index in [2.05, 4.69) is 70.0 Å². The molecule has 0 saturated heterocycles. The van der Waals surface area contributed by atoms with Gasteiger partial charge in [-0.3, -0.25) is 4.98 Å². The summed E-state index contributed by atoms with van der Waals surface area (Å²) in [5.41, 5.74) is 9.55. The van der Waals surface area contributed by atoms with Gasteiger partial charge in [-0.1, -0.05) is 30.3 Å². The fourth-order valence-electron chi connectivity index (χ4n) is 2.17. The van der Waals surface area contributed by atoms with Crippen molar-refractivity contribution in [2.75, 3.05) is 0 Å². The number of benzene rings is 2. The molecule has 0 radical (unpaired) electrons. The van der Waals surface area contributed by atoms with E-state index >= 15 is 0 Å². The SMILES string of the molecule is NC(c1cccc(I)c1)c1ccc2cccnc2c1. The van der Waals surface area contributed by atoms with Crippen molar-refractivity contribution < 1.29 is 0 Å². The van der Waals surface area contributed by atoms with E-state index in [1.54, 1.807) is 0 Å². The van der Waals surface area contributed by atoms with E-state index < -0.39 is 0 Å². The Hall–Kier alpha value is -1.46. The summed E-state index contributed by atoms with van der Waals surface area (Å²) in [6, 6.07) is 18.4. The molecule has 3 heteroatoms.